The molecule has 0 radical (unpaired) electrons. The number of hydrogen-bond acceptors (Lipinski definition) is 4. The van der Waals surface area contributed by atoms with E-state index >= 15 is 0 Å². The van der Waals surface area contributed by atoms with E-state index in [4.69, 9.17) is 29.4 Å². The number of hydrogen-bond donors (Lipinski definition) is 3. The van der Waals surface area contributed by atoms with Crippen molar-refractivity contribution in [1.29, 1.82) is 0 Å². The molecule has 102 valence electrons. The van der Waals surface area contributed by atoms with E-state index in [2.05, 4.69) is 0 Å². The highest BCUT2D eigenvalue weighted by atomic mass is 32.1. The molecule has 0 spiro atoms. The van der Waals surface area contributed by atoms with E-state index < -0.39 is 11.8 Å². The maximum Gasteiger partial charge on any atom is 0.231 e. The lowest BCUT2D eigenvalue weighted by Crippen LogP contribution is -2.39. The molecule has 0 aromatic heterocycles. The number of nitrogens with zero attached hydrogens (tertiary/aromatic N) is 1. The first-order valence-corrected chi connectivity index (χ1v) is 5.97. The summed E-state index contributed by atoms with van der Waals surface area (Å²) in [5.41, 5.74) is 17.4. The van der Waals surface area contributed by atoms with E-state index in [1.807, 2.05) is 18.2 Å². The maximum absolute atomic E-state index is 11.0. The van der Waals surface area contributed by atoms with E-state index in [0.29, 0.717) is 12.1 Å². The zero-order valence-corrected chi connectivity index (χ0v) is 11.2. The predicted octanol–water partition coefficient (Wildman–Crippen LogP) is -0.907. The highest BCUT2D eigenvalue weighted by Gasteiger charge is 2.14. The van der Waals surface area contributed by atoms with Crippen molar-refractivity contribution >= 4 is 29.0 Å². The average molecular weight is 280 g/mol. The van der Waals surface area contributed by atoms with Crippen LogP contribution in [0.15, 0.2) is 24.3 Å². The van der Waals surface area contributed by atoms with Crippen molar-refractivity contribution in [2.45, 2.75) is 6.54 Å². The van der Waals surface area contributed by atoms with Gasteiger partial charge in [-0.3, -0.25) is 14.5 Å². The third-order valence-corrected chi connectivity index (χ3v) is 2.66. The Labute approximate surface area is 116 Å². The second-order valence-corrected chi connectivity index (χ2v) is 4.54. The highest BCUT2D eigenvalue weighted by molar-refractivity contribution is 7.80. The van der Waals surface area contributed by atoms with Gasteiger partial charge in [-0.05, 0) is 5.56 Å². The lowest BCUT2D eigenvalue weighted by molar-refractivity contribution is -0.122. The van der Waals surface area contributed by atoms with Gasteiger partial charge < -0.3 is 17.2 Å². The summed E-state index contributed by atoms with van der Waals surface area (Å²) in [6.45, 7) is 0.197. The molecule has 1 aromatic carbocycles. The second-order valence-electron chi connectivity index (χ2n) is 4.10. The van der Waals surface area contributed by atoms with Gasteiger partial charge in [0.2, 0.25) is 11.8 Å². The van der Waals surface area contributed by atoms with Crippen molar-refractivity contribution in [3.63, 3.8) is 0 Å². The molecule has 19 heavy (non-hydrogen) atoms. The minimum atomic E-state index is -0.533. The minimum absolute atomic E-state index is 0.0609. The highest BCUT2D eigenvalue weighted by Crippen LogP contribution is 2.11. The Morgan fingerprint density at radius 1 is 1.05 bits per heavy atom. The quantitative estimate of drug-likeness (QED) is 0.559. The van der Waals surface area contributed by atoms with Crippen LogP contribution in [0.2, 0.25) is 0 Å². The van der Waals surface area contributed by atoms with Crippen molar-refractivity contribution in [2.75, 3.05) is 13.1 Å². The second kappa shape index (κ2) is 6.81. The van der Waals surface area contributed by atoms with E-state index in [1.54, 1.807) is 11.0 Å². The van der Waals surface area contributed by atoms with Gasteiger partial charge in [0.05, 0.1) is 13.1 Å². The Balaban J connectivity index is 2.92. The van der Waals surface area contributed by atoms with Crippen molar-refractivity contribution < 1.29 is 9.59 Å². The molecule has 6 N–H and O–H groups in total. The fraction of sp³-hybridized carbons (Fsp3) is 0.250. The maximum atomic E-state index is 11.0. The Hall–Kier alpha value is -1.99. The van der Waals surface area contributed by atoms with Crippen molar-refractivity contribution in [1.82, 2.24) is 4.90 Å². The Morgan fingerprint density at radius 3 is 2.05 bits per heavy atom. The van der Waals surface area contributed by atoms with Crippen LogP contribution in [0.5, 0.6) is 0 Å². The Bertz CT molecular complexity index is 488. The zero-order chi connectivity index (χ0) is 14.4. The summed E-state index contributed by atoms with van der Waals surface area (Å²) in [5, 5.41) is 0. The number of thiocarbonyl (C=S) groups is 1. The summed E-state index contributed by atoms with van der Waals surface area (Å²) < 4.78 is 0. The van der Waals surface area contributed by atoms with E-state index in [0.717, 1.165) is 5.56 Å². The Kier molecular flexibility index (Phi) is 5.40. The first kappa shape index (κ1) is 15.1. The number of benzene rings is 1. The number of carbonyl (C=O) groups excluding carboxylic acids is 2. The molecule has 0 aliphatic rings. The van der Waals surface area contributed by atoms with Crippen LogP contribution in [-0.2, 0) is 16.1 Å². The summed E-state index contributed by atoms with van der Waals surface area (Å²) in [6.07, 6.45) is 0. The van der Waals surface area contributed by atoms with Gasteiger partial charge in [0.25, 0.3) is 0 Å². The third-order valence-electron chi connectivity index (χ3n) is 2.44. The predicted molar refractivity (Wildman–Crippen MR) is 76.0 cm³/mol. The van der Waals surface area contributed by atoms with Crippen LogP contribution in [0, 0.1) is 0 Å². The lowest BCUT2D eigenvalue weighted by Gasteiger charge is -2.20. The largest absolute Gasteiger partial charge is 0.389 e. The molecule has 0 aliphatic heterocycles. The molecule has 0 bridgehead atoms. The number of carbonyl (C=O) groups is 2. The smallest absolute Gasteiger partial charge is 0.231 e. The van der Waals surface area contributed by atoms with Crippen LogP contribution >= 0.6 is 12.2 Å². The molecule has 1 aromatic rings. The van der Waals surface area contributed by atoms with Crippen molar-refractivity contribution in [3.8, 4) is 0 Å². The topological polar surface area (TPSA) is 115 Å². The van der Waals surface area contributed by atoms with Gasteiger partial charge in [0, 0.05) is 12.1 Å². The van der Waals surface area contributed by atoms with Gasteiger partial charge in [-0.1, -0.05) is 36.5 Å². The molecule has 1 rings (SSSR count). The van der Waals surface area contributed by atoms with Crippen LogP contribution < -0.4 is 17.2 Å². The molecule has 0 aliphatic carbocycles. The van der Waals surface area contributed by atoms with Crippen LogP contribution in [0.4, 0.5) is 0 Å². The number of amides is 2. The van der Waals surface area contributed by atoms with Crippen LogP contribution in [0.3, 0.4) is 0 Å². The zero-order valence-electron chi connectivity index (χ0n) is 10.3. The summed E-state index contributed by atoms with van der Waals surface area (Å²) in [4.78, 5) is 23.8. The molecule has 0 saturated heterocycles. The fourth-order valence-corrected chi connectivity index (χ4v) is 1.95. The van der Waals surface area contributed by atoms with Gasteiger partial charge >= 0.3 is 0 Å². The van der Waals surface area contributed by atoms with Gasteiger partial charge in [0.15, 0.2) is 0 Å². The van der Waals surface area contributed by atoms with Gasteiger partial charge in [-0.25, -0.2) is 0 Å². The Morgan fingerprint density at radius 2 is 1.58 bits per heavy atom. The lowest BCUT2D eigenvalue weighted by atomic mass is 10.1. The normalized spacial score (nSPS) is 10.4. The average Bonchev–Trinajstić information content (AvgIpc) is 2.27. The standard InChI is InChI=1S/C12H16N4O2S/c13-10(17)6-16(7-11(14)18)5-8-3-1-2-4-9(8)12(15)19/h1-4H,5-7H2,(H2,13,17)(H2,14,18)(H2,15,19). The van der Waals surface area contributed by atoms with E-state index in [9.17, 15) is 9.59 Å². The summed E-state index contributed by atoms with van der Waals surface area (Å²) in [6, 6.07) is 7.24. The molecular formula is C12H16N4O2S. The first-order valence-electron chi connectivity index (χ1n) is 5.57. The van der Waals surface area contributed by atoms with Crippen LogP contribution in [0.1, 0.15) is 11.1 Å². The summed E-state index contributed by atoms with van der Waals surface area (Å²) in [5.74, 6) is -1.07. The molecular weight excluding hydrogens is 264 g/mol. The summed E-state index contributed by atoms with van der Waals surface area (Å²) >= 11 is 4.95. The van der Waals surface area contributed by atoms with Crippen LogP contribution in [-0.4, -0.2) is 34.8 Å². The fourth-order valence-electron chi connectivity index (χ4n) is 1.75. The van der Waals surface area contributed by atoms with Crippen LogP contribution in [0.25, 0.3) is 0 Å². The molecule has 7 heteroatoms. The minimum Gasteiger partial charge on any atom is -0.389 e. The number of rotatable bonds is 7. The van der Waals surface area contributed by atoms with Crippen molar-refractivity contribution in [3.05, 3.63) is 35.4 Å². The molecule has 0 atom stereocenters. The van der Waals surface area contributed by atoms with Gasteiger partial charge in [0.1, 0.15) is 4.99 Å². The van der Waals surface area contributed by atoms with E-state index in [-0.39, 0.29) is 18.1 Å². The number of nitrogens with two attached hydrogens (primary N) is 3. The van der Waals surface area contributed by atoms with Gasteiger partial charge in [-0.2, -0.15) is 0 Å². The third kappa shape index (κ3) is 5.02. The molecule has 6 nitrogen and oxygen atoms in total. The van der Waals surface area contributed by atoms with Gasteiger partial charge in [-0.15, -0.1) is 0 Å². The molecule has 0 saturated carbocycles. The number of primary amides is 2. The monoisotopic (exact) mass is 280 g/mol. The first-order chi connectivity index (χ1) is 8.90. The molecule has 0 fully saturated rings. The SMILES string of the molecule is NC(=O)CN(CC(N)=O)Cc1ccccc1C(N)=S. The molecule has 0 heterocycles. The van der Waals surface area contributed by atoms with Crippen molar-refractivity contribution in [2.24, 2.45) is 17.2 Å². The molecule has 2 amide bonds. The summed E-state index contributed by atoms with van der Waals surface area (Å²) in [7, 11) is 0. The van der Waals surface area contributed by atoms with E-state index in [1.165, 1.54) is 0 Å². The molecule has 0 unspecified atom stereocenters.